The Morgan fingerprint density at radius 2 is 0.714 bits per heavy atom. The summed E-state index contributed by atoms with van der Waals surface area (Å²) in [5.74, 6) is 6.98. The van der Waals surface area contributed by atoms with E-state index in [0.29, 0.717) is 34.6 Å². The molecule has 0 spiro atoms. The minimum Gasteiger partial charge on any atom is -0.493 e. The summed E-state index contributed by atoms with van der Waals surface area (Å²) in [4.78, 5) is 17.4. The van der Waals surface area contributed by atoms with Crippen LogP contribution in [0, 0.1) is 0 Å². The van der Waals surface area contributed by atoms with Crippen LogP contribution in [-0.4, -0.2) is 48.4 Å². The maximum atomic E-state index is 5.83. The van der Waals surface area contributed by atoms with E-state index in [2.05, 4.69) is 30.6 Å². The normalized spacial score (nSPS) is 10.5. The highest BCUT2D eigenvalue weighted by Crippen LogP contribution is 2.36. The van der Waals surface area contributed by atoms with Gasteiger partial charge >= 0.3 is 0 Å². The van der Waals surface area contributed by atoms with Gasteiger partial charge in [-0.25, -0.2) is 19.9 Å². The lowest BCUT2D eigenvalue weighted by Crippen LogP contribution is -1.98. The number of nitrogens with one attached hydrogen (secondary N) is 2. The van der Waals surface area contributed by atoms with Crippen LogP contribution in [0.3, 0.4) is 0 Å². The summed E-state index contributed by atoms with van der Waals surface area (Å²) >= 11 is 0. The molecule has 0 aliphatic carbocycles. The second-order valence-electron chi connectivity index (χ2n) is 12.0. The Morgan fingerprint density at radius 3 is 1.07 bits per heavy atom. The summed E-state index contributed by atoms with van der Waals surface area (Å²) in [7, 11) is 6.41. The van der Waals surface area contributed by atoms with E-state index in [9.17, 15) is 0 Å². The van der Waals surface area contributed by atoms with Crippen molar-refractivity contribution in [2.45, 2.75) is 0 Å². The fourth-order valence-corrected chi connectivity index (χ4v) is 5.70. The third-order valence-electron chi connectivity index (χ3n) is 8.47. The van der Waals surface area contributed by atoms with Crippen molar-refractivity contribution in [2.75, 3.05) is 39.1 Å². The van der Waals surface area contributed by atoms with Crippen LogP contribution < -0.4 is 39.1 Å². The van der Waals surface area contributed by atoms with Gasteiger partial charge in [0.1, 0.15) is 47.3 Å². The summed E-state index contributed by atoms with van der Waals surface area (Å²) in [5.41, 5.74) is 3.30. The number of hydrogen-bond acceptors (Lipinski definition) is 12. The highest BCUT2D eigenvalue weighted by atomic mass is 16.5. The summed E-state index contributed by atoms with van der Waals surface area (Å²) < 4.78 is 33.1. The van der Waals surface area contributed by atoms with Gasteiger partial charge in [0.15, 0.2) is 23.0 Å². The van der Waals surface area contributed by atoms with Gasteiger partial charge in [0.2, 0.25) is 0 Å². The highest BCUT2D eigenvalue weighted by molar-refractivity contribution is 5.94. The van der Waals surface area contributed by atoms with E-state index >= 15 is 0 Å². The van der Waals surface area contributed by atoms with E-state index in [1.54, 1.807) is 28.4 Å². The van der Waals surface area contributed by atoms with Crippen LogP contribution in [0.25, 0.3) is 21.8 Å². The van der Waals surface area contributed by atoms with E-state index in [1.807, 2.05) is 133 Å². The zero-order valence-corrected chi connectivity index (χ0v) is 31.1. The van der Waals surface area contributed by atoms with Crippen LogP contribution in [0.2, 0.25) is 0 Å². The Morgan fingerprint density at radius 1 is 0.375 bits per heavy atom. The van der Waals surface area contributed by atoms with Gasteiger partial charge < -0.3 is 39.1 Å². The minimum absolute atomic E-state index is 0.624. The molecule has 0 aliphatic rings. The van der Waals surface area contributed by atoms with Gasteiger partial charge in [0.05, 0.1) is 39.5 Å². The van der Waals surface area contributed by atoms with Gasteiger partial charge in [0.25, 0.3) is 0 Å². The molecule has 0 unspecified atom stereocenters. The summed E-state index contributed by atoms with van der Waals surface area (Å²) in [6.45, 7) is 0. The van der Waals surface area contributed by atoms with E-state index in [1.165, 1.54) is 12.7 Å². The number of rotatable bonds is 12. The van der Waals surface area contributed by atoms with Crippen LogP contribution in [-0.2, 0) is 0 Å². The molecule has 12 nitrogen and oxygen atoms in total. The zero-order valence-electron chi connectivity index (χ0n) is 31.1. The number of ether oxygens (including phenoxy) is 6. The number of nitrogens with zero attached hydrogens (tertiary/aromatic N) is 4. The molecule has 0 saturated heterocycles. The molecule has 0 bridgehead atoms. The molecule has 0 aliphatic heterocycles. The quantitative estimate of drug-likeness (QED) is 0.123. The first-order valence-electron chi connectivity index (χ1n) is 17.5. The second-order valence-corrected chi connectivity index (χ2v) is 12.0. The maximum Gasteiger partial charge on any atom is 0.162 e. The van der Waals surface area contributed by atoms with E-state index < -0.39 is 0 Å². The fraction of sp³-hybridized carbons (Fsp3) is 0.0909. The fourth-order valence-electron chi connectivity index (χ4n) is 5.70. The van der Waals surface area contributed by atoms with Crippen molar-refractivity contribution < 1.29 is 28.4 Å². The molecule has 0 atom stereocenters. The van der Waals surface area contributed by atoms with Crippen molar-refractivity contribution >= 4 is 44.8 Å². The van der Waals surface area contributed by atoms with Crippen LogP contribution in [0.5, 0.6) is 46.0 Å². The maximum absolute atomic E-state index is 5.83. The van der Waals surface area contributed by atoms with E-state index in [-0.39, 0.29) is 0 Å². The average molecular weight is 747 g/mol. The molecule has 0 radical (unpaired) electrons. The van der Waals surface area contributed by atoms with Crippen LogP contribution in [0.4, 0.5) is 23.0 Å². The number of hydrogen-bond donors (Lipinski definition) is 2. The first-order chi connectivity index (χ1) is 27.5. The Bertz CT molecular complexity index is 2350. The molecule has 280 valence electrons. The van der Waals surface area contributed by atoms with Gasteiger partial charge in [0, 0.05) is 34.3 Å². The predicted octanol–water partition coefficient (Wildman–Crippen LogP) is 10.4. The lowest BCUT2D eigenvalue weighted by atomic mass is 10.2. The number of aromatic nitrogens is 4. The van der Waals surface area contributed by atoms with Gasteiger partial charge in [-0.15, -0.1) is 0 Å². The lowest BCUT2D eigenvalue weighted by molar-refractivity contribution is 0.356. The van der Waals surface area contributed by atoms with Crippen molar-refractivity contribution in [3.8, 4) is 46.0 Å². The third-order valence-corrected chi connectivity index (χ3v) is 8.47. The van der Waals surface area contributed by atoms with Gasteiger partial charge in [-0.05, 0) is 84.9 Å². The zero-order chi connectivity index (χ0) is 38.7. The standard InChI is InChI=1S/2C22H19N3O3/c2*1-26-20-12-18-19(13-21(20)27-2)23-14-24-22(18)25-15-8-10-17(11-9-15)28-16-6-4-3-5-7-16/h2*3-14H,1-2H3,(H,23,24,25). The second kappa shape index (κ2) is 17.5. The van der Waals surface area contributed by atoms with Crippen LogP contribution in [0.15, 0.2) is 146 Å². The molecule has 0 amide bonds. The predicted molar refractivity (Wildman–Crippen MR) is 218 cm³/mol. The topological polar surface area (TPSA) is 131 Å². The molecule has 0 fully saturated rings. The molecule has 6 aromatic carbocycles. The van der Waals surface area contributed by atoms with Crippen LogP contribution in [0.1, 0.15) is 0 Å². The summed E-state index contributed by atoms with van der Waals surface area (Å²) in [6.07, 6.45) is 3.03. The van der Waals surface area contributed by atoms with E-state index in [0.717, 1.165) is 56.2 Å². The largest absolute Gasteiger partial charge is 0.493 e. The van der Waals surface area contributed by atoms with E-state index in [4.69, 9.17) is 28.4 Å². The monoisotopic (exact) mass is 746 g/mol. The number of anilines is 4. The molecule has 2 N–H and O–H groups in total. The lowest BCUT2D eigenvalue weighted by Gasteiger charge is -2.12. The summed E-state index contributed by atoms with van der Waals surface area (Å²) in [5, 5.41) is 8.32. The number of fused-ring (bicyclic) bond motifs is 2. The molecule has 2 aromatic heterocycles. The Labute approximate surface area is 323 Å². The molecule has 2 heterocycles. The van der Waals surface area contributed by atoms with Crippen molar-refractivity contribution in [3.63, 3.8) is 0 Å². The molecule has 56 heavy (non-hydrogen) atoms. The Kier molecular flexibility index (Phi) is 11.5. The molecule has 8 rings (SSSR count). The first kappa shape index (κ1) is 36.7. The average Bonchev–Trinajstić information content (AvgIpc) is 3.25. The van der Waals surface area contributed by atoms with Crippen molar-refractivity contribution in [3.05, 3.63) is 146 Å². The molecular weight excluding hydrogens is 709 g/mol. The third kappa shape index (κ3) is 8.77. The summed E-state index contributed by atoms with van der Waals surface area (Å²) in [6, 6.07) is 42.1. The SMILES string of the molecule is COc1cc2ncnc(Nc3ccc(Oc4ccccc4)cc3)c2cc1OC.COc1cc2ncnc(Nc3ccc(Oc4ccccc4)cc3)c2cc1OC. The smallest absolute Gasteiger partial charge is 0.162 e. The highest BCUT2D eigenvalue weighted by Gasteiger charge is 2.13. The number of methoxy groups -OCH3 is 4. The van der Waals surface area contributed by atoms with Gasteiger partial charge in [-0.2, -0.15) is 0 Å². The van der Waals surface area contributed by atoms with Crippen molar-refractivity contribution in [1.82, 2.24) is 19.9 Å². The Balaban J connectivity index is 0.000000172. The van der Waals surface area contributed by atoms with Gasteiger partial charge in [-0.1, -0.05) is 36.4 Å². The van der Waals surface area contributed by atoms with Crippen molar-refractivity contribution in [2.24, 2.45) is 0 Å². The van der Waals surface area contributed by atoms with Gasteiger partial charge in [-0.3, -0.25) is 0 Å². The molecule has 8 aromatic rings. The molecule has 0 saturated carbocycles. The minimum atomic E-state index is 0.624. The number of benzene rings is 6. The number of para-hydroxylation sites is 2. The first-order valence-corrected chi connectivity index (χ1v) is 17.5. The Hall–Kier alpha value is -7.60. The molecule has 12 heteroatoms. The van der Waals surface area contributed by atoms with Crippen molar-refractivity contribution in [1.29, 1.82) is 0 Å². The molecular formula is C44H38N6O6. The van der Waals surface area contributed by atoms with Crippen LogP contribution >= 0.6 is 0 Å².